The summed E-state index contributed by atoms with van der Waals surface area (Å²) in [6, 6.07) is 16.2. The molecule has 0 aliphatic rings. The van der Waals surface area contributed by atoms with E-state index in [4.69, 9.17) is 0 Å². The Morgan fingerprint density at radius 1 is 1.19 bits per heavy atom. The van der Waals surface area contributed by atoms with Crippen LogP contribution in [0.3, 0.4) is 0 Å². The van der Waals surface area contributed by atoms with E-state index < -0.39 is 11.1 Å². The average Bonchev–Trinajstić information content (AvgIpc) is 2.96. The lowest BCUT2D eigenvalue weighted by atomic mass is 10.1. The van der Waals surface area contributed by atoms with Crippen LogP contribution in [-0.4, -0.2) is 21.1 Å². The van der Waals surface area contributed by atoms with Crippen molar-refractivity contribution in [2.24, 2.45) is 0 Å². The molecular formula is C20H20FN3OS. The Kier molecular flexibility index (Phi) is 5.73. The molecule has 3 aromatic rings. The summed E-state index contributed by atoms with van der Waals surface area (Å²) in [5, 5.41) is 2.89. The van der Waals surface area contributed by atoms with Crippen molar-refractivity contribution >= 4 is 23.4 Å². The zero-order chi connectivity index (χ0) is 18.5. The fourth-order valence-electron chi connectivity index (χ4n) is 2.50. The Bertz CT molecular complexity index is 895. The van der Waals surface area contributed by atoms with E-state index in [1.165, 1.54) is 23.4 Å². The summed E-state index contributed by atoms with van der Waals surface area (Å²) in [5.41, 5.74) is 3.31. The first kappa shape index (κ1) is 18.2. The first-order valence-electron chi connectivity index (χ1n) is 8.34. The van der Waals surface area contributed by atoms with Gasteiger partial charge in [-0.3, -0.25) is 4.79 Å². The van der Waals surface area contributed by atoms with Gasteiger partial charge in [0, 0.05) is 12.1 Å². The van der Waals surface area contributed by atoms with Crippen molar-refractivity contribution in [3.63, 3.8) is 0 Å². The second-order valence-electron chi connectivity index (χ2n) is 6.01. The number of aromatic nitrogens is 2. The molecule has 3 rings (SSSR count). The van der Waals surface area contributed by atoms with Crippen LogP contribution in [0.4, 0.5) is 10.1 Å². The maximum absolute atomic E-state index is 13.7. The molecule has 1 atom stereocenters. The molecule has 1 amide bonds. The third kappa shape index (κ3) is 4.52. The zero-order valence-electron chi connectivity index (χ0n) is 14.6. The molecule has 6 heteroatoms. The normalized spacial score (nSPS) is 12.0. The topological polar surface area (TPSA) is 57.8 Å². The monoisotopic (exact) mass is 369 g/mol. The van der Waals surface area contributed by atoms with Crippen molar-refractivity contribution in [1.29, 1.82) is 0 Å². The lowest BCUT2D eigenvalue weighted by Crippen LogP contribution is -2.23. The van der Waals surface area contributed by atoms with E-state index >= 15 is 0 Å². The largest absolute Gasteiger partial charge is 0.337 e. The highest BCUT2D eigenvalue weighted by atomic mass is 32.2. The van der Waals surface area contributed by atoms with Crippen molar-refractivity contribution in [2.75, 3.05) is 5.32 Å². The Morgan fingerprint density at radius 2 is 1.88 bits per heavy atom. The van der Waals surface area contributed by atoms with Gasteiger partial charge in [-0.1, -0.05) is 54.2 Å². The molecule has 1 aromatic heterocycles. The molecule has 0 fully saturated rings. The van der Waals surface area contributed by atoms with Crippen LogP contribution in [0.5, 0.6) is 0 Å². The number of aromatic amines is 1. The molecule has 0 saturated heterocycles. The van der Waals surface area contributed by atoms with Gasteiger partial charge in [-0.15, -0.1) is 0 Å². The summed E-state index contributed by atoms with van der Waals surface area (Å²) in [6.07, 6.45) is 0.736. The number of nitrogens with one attached hydrogen (secondary N) is 2. The van der Waals surface area contributed by atoms with Crippen LogP contribution >= 0.6 is 11.8 Å². The number of H-pyrrole nitrogens is 1. The number of benzene rings is 2. The highest BCUT2D eigenvalue weighted by Crippen LogP contribution is 2.24. The van der Waals surface area contributed by atoms with Crippen molar-refractivity contribution in [1.82, 2.24) is 9.97 Å². The number of nitrogens with zero attached hydrogens (tertiary/aromatic N) is 1. The molecule has 0 radical (unpaired) electrons. The van der Waals surface area contributed by atoms with Crippen LogP contribution < -0.4 is 5.32 Å². The lowest BCUT2D eigenvalue weighted by Gasteiger charge is -2.11. The number of carbonyl (C=O) groups excluding carboxylic acids is 1. The highest BCUT2D eigenvalue weighted by molar-refractivity contribution is 8.00. The van der Waals surface area contributed by atoms with Gasteiger partial charge in [0.2, 0.25) is 5.91 Å². The summed E-state index contributed by atoms with van der Waals surface area (Å²) in [5.74, 6) is -0.712. The van der Waals surface area contributed by atoms with Crippen molar-refractivity contribution in [3.8, 4) is 0 Å². The summed E-state index contributed by atoms with van der Waals surface area (Å²) < 4.78 is 13.7. The Labute approximate surface area is 156 Å². The Hall–Kier alpha value is -2.60. The van der Waals surface area contributed by atoms with Gasteiger partial charge < -0.3 is 10.3 Å². The molecule has 4 nitrogen and oxygen atoms in total. The molecule has 0 spiro atoms. The summed E-state index contributed by atoms with van der Waals surface area (Å²) in [4.78, 5) is 20.1. The Balaban J connectivity index is 1.64. The van der Waals surface area contributed by atoms with E-state index in [1.807, 2.05) is 25.1 Å². The van der Waals surface area contributed by atoms with Crippen LogP contribution in [0.25, 0.3) is 0 Å². The minimum Gasteiger partial charge on any atom is -0.337 e. The van der Waals surface area contributed by atoms with Crippen molar-refractivity contribution < 1.29 is 9.18 Å². The van der Waals surface area contributed by atoms with E-state index in [0.29, 0.717) is 5.16 Å². The van der Waals surface area contributed by atoms with Gasteiger partial charge in [-0.05, 0) is 31.5 Å². The smallest absolute Gasteiger partial charge is 0.237 e. The minimum absolute atomic E-state index is 0.186. The number of hydrogen-bond acceptors (Lipinski definition) is 3. The number of amides is 1. The lowest BCUT2D eigenvalue weighted by molar-refractivity contribution is -0.115. The Morgan fingerprint density at radius 3 is 2.62 bits per heavy atom. The first-order chi connectivity index (χ1) is 12.5. The number of para-hydroxylation sites is 1. The second kappa shape index (κ2) is 8.19. The maximum Gasteiger partial charge on any atom is 0.237 e. The predicted molar refractivity (Wildman–Crippen MR) is 103 cm³/mol. The number of imidazole rings is 1. The second-order valence-corrected chi connectivity index (χ2v) is 7.33. The van der Waals surface area contributed by atoms with Gasteiger partial charge in [0.05, 0.1) is 16.6 Å². The standard InChI is InChI=1S/C20H20FN3OS/c1-13-18(12-15-8-4-3-5-9-15)24-20(22-13)26-14(2)19(25)23-17-11-7-6-10-16(17)21/h3-11,14H,12H2,1-2H3,(H,22,24)(H,23,25)/t14-/m0/s1. The highest BCUT2D eigenvalue weighted by Gasteiger charge is 2.18. The number of aryl methyl sites for hydroxylation is 1. The number of thioether (sulfide) groups is 1. The molecule has 2 N–H and O–H groups in total. The summed E-state index contributed by atoms with van der Waals surface area (Å²) >= 11 is 1.32. The molecule has 2 aromatic carbocycles. The number of anilines is 1. The minimum atomic E-state index is -0.447. The van der Waals surface area contributed by atoms with Crippen LogP contribution in [0.15, 0.2) is 59.8 Å². The van der Waals surface area contributed by atoms with Gasteiger partial charge >= 0.3 is 0 Å². The van der Waals surface area contributed by atoms with Crippen molar-refractivity contribution in [2.45, 2.75) is 30.7 Å². The predicted octanol–water partition coefficient (Wildman–Crippen LogP) is 4.57. The summed E-state index contributed by atoms with van der Waals surface area (Å²) in [7, 11) is 0. The molecule has 0 bridgehead atoms. The van der Waals surface area contributed by atoms with Crippen LogP contribution in [0.2, 0.25) is 0 Å². The number of halogens is 1. The van der Waals surface area contributed by atoms with E-state index in [1.54, 1.807) is 25.1 Å². The number of rotatable bonds is 6. The quantitative estimate of drug-likeness (QED) is 0.626. The molecule has 0 saturated carbocycles. The molecule has 134 valence electrons. The summed E-state index contributed by atoms with van der Waals surface area (Å²) in [6.45, 7) is 3.75. The van der Waals surface area contributed by atoms with E-state index in [2.05, 4.69) is 27.4 Å². The van der Waals surface area contributed by atoms with Gasteiger partial charge in [-0.25, -0.2) is 9.37 Å². The third-order valence-corrected chi connectivity index (χ3v) is 4.95. The van der Waals surface area contributed by atoms with E-state index in [9.17, 15) is 9.18 Å². The average molecular weight is 369 g/mol. The first-order valence-corrected chi connectivity index (χ1v) is 9.22. The molecule has 1 heterocycles. The van der Waals surface area contributed by atoms with Crippen LogP contribution in [0.1, 0.15) is 23.9 Å². The SMILES string of the molecule is Cc1[nH]c(S[C@@H](C)C(=O)Nc2ccccc2F)nc1Cc1ccccc1. The number of carbonyl (C=O) groups is 1. The van der Waals surface area contributed by atoms with E-state index in [-0.39, 0.29) is 11.6 Å². The van der Waals surface area contributed by atoms with Crippen LogP contribution in [-0.2, 0) is 11.2 Å². The molecular weight excluding hydrogens is 349 g/mol. The maximum atomic E-state index is 13.7. The molecule has 0 unspecified atom stereocenters. The van der Waals surface area contributed by atoms with Gasteiger partial charge in [0.15, 0.2) is 5.16 Å². The van der Waals surface area contributed by atoms with Gasteiger partial charge in [0.25, 0.3) is 0 Å². The molecule has 0 aliphatic heterocycles. The van der Waals surface area contributed by atoms with Crippen molar-refractivity contribution in [3.05, 3.63) is 77.4 Å². The fourth-order valence-corrected chi connectivity index (χ4v) is 3.38. The fraction of sp³-hybridized carbons (Fsp3) is 0.200. The van der Waals surface area contributed by atoms with E-state index in [0.717, 1.165) is 17.8 Å². The third-order valence-electron chi connectivity index (χ3n) is 3.97. The van der Waals surface area contributed by atoms with Gasteiger partial charge in [0.1, 0.15) is 5.82 Å². The number of hydrogen-bond donors (Lipinski definition) is 2. The zero-order valence-corrected chi connectivity index (χ0v) is 15.4. The van der Waals surface area contributed by atoms with Gasteiger partial charge in [-0.2, -0.15) is 0 Å². The molecule has 0 aliphatic carbocycles. The molecule has 26 heavy (non-hydrogen) atoms. The van der Waals surface area contributed by atoms with Crippen LogP contribution in [0, 0.1) is 12.7 Å².